The summed E-state index contributed by atoms with van der Waals surface area (Å²) < 4.78 is 7.32. The van der Waals surface area contributed by atoms with Crippen LogP contribution in [0.25, 0.3) is 22.6 Å². The van der Waals surface area contributed by atoms with E-state index < -0.39 is 6.10 Å². The van der Waals surface area contributed by atoms with E-state index in [9.17, 15) is 5.11 Å². The highest BCUT2D eigenvalue weighted by atomic mass is 16.3. The largest absolute Gasteiger partial charge is 0.461 e. The van der Waals surface area contributed by atoms with Crippen LogP contribution in [0.3, 0.4) is 0 Å². The number of aromatic nitrogens is 2. The molecule has 0 spiro atoms. The minimum Gasteiger partial charge on any atom is -0.461 e. The van der Waals surface area contributed by atoms with Crippen molar-refractivity contribution in [2.75, 3.05) is 6.54 Å². The summed E-state index contributed by atoms with van der Waals surface area (Å²) in [5.74, 6) is 1.49. The van der Waals surface area contributed by atoms with E-state index in [1.165, 1.54) is 0 Å². The van der Waals surface area contributed by atoms with Crippen molar-refractivity contribution in [2.45, 2.75) is 6.10 Å². The number of aliphatic hydroxyl groups is 1. The predicted octanol–water partition coefficient (Wildman–Crippen LogP) is 1.83. The van der Waals surface area contributed by atoms with Gasteiger partial charge in [0, 0.05) is 13.6 Å². The standard InChI is InChI=1S/C14H15N3O2/c1-17-11-7-9(12(18)8-15)4-5-10(11)16-14(17)13-3-2-6-19-13/h2-7,12,18H,8,15H2,1H3. The summed E-state index contributed by atoms with van der Waals surface area (Å²) in [6, 6.07) is 9.34. The van der Waals surface area contributed by atoms with Crippen molar-refractivity contribution >= 4 is 11.0 Å². The smallest absolute Gasteiger partial charge is 0.176 e. The van der Waals surface area contributed by atoms with E-state index in [1.807, 2.05) is 41.9 Å². The maximum atomic E-state index is 9.80. The lowest BCUT2D eigenvalue weighted by molar-refractivity contribution is 0.187. The lowest BCUT2D eigenvalue weighted by Crippen LogP contribution is -2.11. The molecule has 0 bridgehead atoms. The number of imidazole rings is 1. The van der Waals surface area contributed by atoms with Gasteiger partial charge in [0.2, 0.25) is 0 Å². The van der Waals surface area contributed by atoms with E-state index in [0.717, 1.165) is 28.2 Å². The Kier molecular flexibility index (Phi) is 2.85. The molecule has 1 aromatic carbocycles. The fraction of sp³-hybridized carbons (Fsp3) is 0.214. The third kappa shape index (κ3) is 1.93. The molecule has 0 aliphatic carbocycles. The number of rotatable bonds is 3. The van der Waals surface area contributed by atoms with Crippen LogP contribution in [0.1, 0.15) is 11.7 Å². The van der Waals surface area contributed by atoms with Crippen LogP contribution in [0, 0.1) is 0 Å². The minimum atomic E-state index is -0.647. The molecule has 2 heterocycles. The number of furan rings is 1. The third-order valence-electron chi connectivity index (χ3n) is 3.25. The Labute approximate surface area is 110 Å². The van der Waals surface area contributed by atoms with Crippen molar-refractivity contribution in [3.05, 3.63) is 42.2 Å². The van der Waals surface area contributed by atoms with Gasteiger partial charge in [0.05, 0.1) is 23.4 Å². The molecule has 5 heteroatoms. The molecular weight excluding hydrogens is 242 g/mol. The fourth-order valence-corrected chi connectivity index (χ4v) is 2.18. The number of aryl methyl sites for hydroxylation is 1. The zero-order valence-electron chi connectivity index (χ0n) is 10.6. The summed E-state index contributed by atoms with van der Waals surface area (Å²) in [4.78, 5) is 4.54. The van der Waals surface area contributed by atoms with Crippen LogP contribution in [-0.2, 0) is 7.05 Å². The van der Waals surface area contributed by atoms with Crippen molar-refractivity contribution in [3.8, 4) is 11.6 Å². The Morgan fingerprint density at radius 3 is 2.95 bits per heavy atom. The number of nitrogens with two attached hydrogens (primary N) is 1. The van der Waals surface area contributed by atoms with Gasteiger partial charge in [-0.1, -0.05) is 6.07 Å². The highest BCUT2D eigenvalue weighted by molar-refractivity contribution is 5.80. The first-order valence-electron chi connectivity index (χ1n) is 6.09. The molecule has 0 aliphatic rings. The Bertz CT molecular complexity index is 701. The van der Waals surface area contributed by atoms with Gasteiger partial charge in [-0.25, -0.2) is 4.98 Å². The fourth-order valence-electron chi connectivity index (χ4n) is 2.18. The Morgan fingerprint density at radius 2 is 2.26 bits per heavy atom. The number of aliphatic hydroxyl groups excluding tert-OH is 1. The second kappa shape index (κ2) is 4.53. The van der Waals surface area contributed by atoms with Gasteiger partial charge < -0.3 is 19.8 Å². The highest BCUT2D eigenvalue weighted by Crippen LogP contribution is 2.26. The van der Waals surface area contributed by atoms with Crippen LogP contribution < -0.4 is 5.73 Å². The van der Waals surface area contributed by atoms with Crippen LogP contribution in [-0.4, -0.2) is 21.2 Å². The van der Waals surface area contributed by atoms with Crippen molar-refractivity contribution in [2.24, 2.45) is 12.8 Å². The van der Waals surface area contributed by atoms with Crippen molar-refractivity contribution < 1.29 is 9.52 Å². The lowest BCUT2D eigenvalue weighted by Gasteiger charge is -2.08. The van der Waals surface area contributed by atoms with E-state index in [0.29, 0.717) is 0 Å². The Morgan fingerprint density at radius 1 is 1.42 bits per heavy atom. The molecule has 19 heavy (non-hydrogen) atoms. The average Bonchev–Trinajstić information content (AvgIpc) is 3.06. The number of benzene rings is 1. The summed E-state index contributed by atoms with van der Waals surface area (Å²) in [6.45, 7) is 0.203. The molecule has 0 aliphatic heterocycles. The van der Waals surface area contributed by atoms with E-state index in [-0.39, 0.29) is 6.54 Å². The second-order valence-corrected chi connectivity index (χ2v) is 4.47. The third-order valence-corrected chi connectivity index (χ3v) is 3.25. The van der Waals surface area contributed by atoms with Gasteiger partial charge in [0.25, 0.3) is 0 Å². The van der Waals surface area contributed by atoms with Crippen LogP contribution in [0.15, 0.2) is 41.0 Å². The lowest BCUT2D eigenvalue weighted by atomic mass is 10.1. The molecule has 5 nitrogen and oxygen atoms in total. The maximum Gasteiger partial charge on any atom is 0.176 e. The van der Waals surface area contributed by atoms with E-state index >= 15 is 0 Å². The summed E-state index contributed by atoms with van der Waals surface area (Å²) >= 11 is 0. The number of nitrogens with zero attached hydrogens (tertiary/aromatic N) is 2. The first-order valence-corrected chi connectivity index (χ1v) is 6.09. The molecule has 1 unspecified atom stereocenters. The molecule has 0 amide bonds. The monoisotopic (exact) mass is 257 g/mol. The molecule has 2 aromatic heterocycles. The molecule has 3 N–H and O–H groups in total. The average molecular weight is 257 g/mol. The summed E-state index contributed by atoms with van der Waals surface area (Å²) in [6.07, 6.45) is 0.976. The highest BCUT2D eigenvalue weighted by Gasteiger charge is 2.14. The Hall–Kier alpha value is -2.11. The molecule has 0 fully saturated rings. The normalized spacial score (nSPS) is 13.0. The second-order valence-electron chi connectivity index (χ2n) is 4.47. The molecule has 3 rings (SSSR count). The maximum absolute atomic E-state index is 9.80. The molecule has 1 atom stereocenters. The quantitative estimate of drug-likeness (QED) is 0.750. The SMILES string of the molecule is Cn1c(-c2ccco2)nc2ccc(C(O)CN)cc21. The van der Waals surface area contributed by atoms with E-state index in [2.05, 4.69) is 4.98 Å². The number of hydrogen-bond acceptors (Lipinski definition) is 4. The van der Waals surface area contributed by atoms with Crippen LogP contribution in [0.2, 0.25) is 0 Å². The number of fused-ring (bicyclic) bond motifs is 1. The molecule has 0 saturated heterocycles. The first kappa shape index (κ1) is 12.0. The van der Waals surface area contributed by atoms with Gasteiger partial charge in [0.15, 0.2) is 11.6 Å². The first-order chi connectivity index (χ1) is 9.20. The predicted molar refractivity (Wildman–Crippen MR) is 72.4 cm³/mol. The van der Waals surface area contributed by atoms with E-state index in [4.69, 9.17) is 10.2 Å². The topological polar surface area (TPSA) is 77.2 Å². The van der Waals surface area contributed by atoms with Gasteiger partial charge in [-0.15, -0.1) is 0 Å². The van der Waals surface area contributed by atoms with Crippen LogP contribution in [0.4, 0.5) is 0 Å². The molecule has 3 aromatic rings. The van der Waals surface area contributed by atoms with Gasteiger partial charge in [-0.05, 0) is 29.8 Å². The molecule has 0 saturated carbocycles. The van der Waals surface area contributed by atoms with Gasteiger partial charge in [0.1, 0.15) is 0 Å². The zero-order chi connectivity index (χ0) is 13.4. The molecule has 98 valence electrons. The van der Waals surface area contributed by atoms with Crippen molar-refractivity contribution in [1.82, 2.24) is 9.55 Å². The summed E-state index contributed by atoms with van der Waals surface area (Å²) in [5.41, 5.74) is 8.08. The summed E-state index contributed by atoms with van der Waals surface area (Å²) in [7, 11) is 1.92. The molecular formula is C14H15N3O2. The van der Waals surface area contributed by atoms with Crippen molar-refractivity contribution in [3.63, 3.8) is 0 Å². The van der Waals surface area contributed by atoms with Crippen molar-refractivity contribution in [1.29, 1.82) is 0 Å². The van der Waals surface area contributed by atoms with Gasteiger partial charge in [-0.3, -0.25) is 0 Å². The number of hydrogen-bond donors (Lipinski definition) is 2. The van der Waals surface area contributed by atoms with Crippen LogP contribution in [0.5, 0.6) is 0 Å². The van der Waals surface area contributed by atoms with Crippen LogP contribution >= 0.6 is 0 Å². The van der Waals surface area contributed by atoms with E-state index in [1.54, 1.807) is 6.26 Å². The molecule has 0 radical (unpaired) electrons. The zero-order valence-corrected chi connectivity index (χ0v) is 10.6. The minimum absolute atomic E-state index is 0.203. The van der Waals surface area contributed by atoms with Gasteiger partial charge >= 0.3 is 0 Å². The van der Waals surface area contributed by atoms with Gasteiger partial charge in [-0.2, -0.15) is 0 Å². The summed E-state index contributed by atoms with van der Waals surface area (Å²) in [5, 5.41) is 9.80. The Balaban J connectivity index is 2.16.